The van der Waals surface area contributed by atoms with Crippen molar-refractivity contribution in [2.24, 2.45) is 5.92 Å². The number of nitriles is 1. The maximum atomic E-state index is 11.7. The number of aromatic nitrogens is 5. The Labute approximate surface area is 132 Å². The van der Waals surface area contributed by atoms with Gasteiger partial charge in [0.25, 0.3) is 0 Å². The van der Waals surface area contributed by atoms with Gasteiger partial charge in [0, 0.05) is 18.5 Å². The van der Waals surface area contributed by atoms with Gasteiger partial charge in [0.15, 0.2) is 11.3 Å². The van der Waals surface area contributed by atoms with Gasteiger partial charge in [0.2, 0.25) is 0 Å². The monoisotopic (exact) mass is 308 g/mol. The summed E-state index contributed by atoms with van der Waals surface area (Å²) in [6.07, 6.45) is 7.02. The number of carbonyl (C=O) groups excluding carboxylic acids is 1. The van der Waals surface area contributed by atoms with Crippen molar-refractivity contribution in [3.05, 3.63) is 24.3 Å². The van der Waals surface area contributed by atoms with Gasteiger partial charge in [-0.2, -0.15) is 5.26 Å². The van der Waals surface area contributed by atoms with Gasteiger partial charge in [-0.1, -0.05) is 0 Å². The van der Waals surface area contributed by atoms with Crippen LogP contribution in [0.1, 0.15) is 43.8 Å². The number of carbonyl (C=O) groups is 1. The van der Waals surface area contributed by atoms with Crippen molar-refractivity contribution in [1.82, 2.24) is 24.6 Å². The SMILES string of the molecule is N#CCC(=O)C[C@H]1CC[C@@H](c2nnc3cnc4[nH]ccc4n23)C1. The number of ketones is 1. The summed E-state index contributed by atoms with van der Waals surface area (Å²) < 4.78 is 2.06. The van der Waals surface area contributed by atoms with Gasteiger partial charge in [-0.25, -0.2) is 4.98 Å². The number of aromatic amines is 1. The number of hydrogen-bond donors (Lipinski definition) is 1. The molecule has 0 amide bonds. The fourth-order valence-electron chi connectivity index (χ4n) is 3.64. The number of nitrogens with one attached hydrogen (secondary N) is 1. The number of H-pyrrole nitrogens is 1. The number of nitrogens with zero attached hydrogens (tertiary/aromatic N) is 5. The quantitative estimate of drug-likeness (QED) is 0.797. The molecular weight excluding hydrogens is 292 g/mol. The molecular formula is C16H16N6O. The van der Waals surface area contributed by atoms with Crippen LogP contribution in [0.5, 0.6) is 0 Å². The highest BCUT2D eigenvalue weighted by Crippen LogP contribution is 2.39. The number of Topliss-reactive ketones (excluding diaryl/α,β-unsaturated/α-hetero) is 1. The Hall–Kier alpha value is -2.75. The molecule has 0 aliphatic heterocycles. The smallest absolute Gasteiger partial charge is 0.179 e. The lowest BCUT2D eigenvalue weighted by Gasteiger charge is -2.09. The molecule has 4 rings (SSSR count). The van der Waals surface area contributed by atoms with E-state index < -0.39 is 0 Å². The minimum absolute atomic E-state index is 0.0185. The van der Waals surface area contributed by atoms with Gasteiger partial charge in [-0.3, -0.25) is 9.20 Å². The Morgan fingerprint density at radius 1 is 1.43 bits per heavy atom. The zero-order chi connectivity index (χ0) is 15.8. The summed E-state index contributed by atoms with van der Waals surface area (Å²) in [5.74, 6) is 1.63. The van der Waals surface area contributed by atoms with Crippen LogP contribution in [0.25, 0.3) is 16.8 Å². The van der Waals surface area contributed by atoms with Crippen LogP contribution in [0.4, 0.5) is 0 Å². The van der Waals surface area contributed by atoms with Crippen molar-refractivity contribution in [1.29, 1.82) is 5.26 Å². The summed E-state index contributed by atoms with van der Waals surface area (Å²) >= 11 is 0. The van der Waals surface area contributed by atoms with Crippen LogP contribution >= 0.6 is 0 Å². The maximum Gasteiger partial charge on any atom is 0.179 e. The summed E-state index contributed by atoms with van der Waals surface area (Å²) in [6.45, 7) is 0. The van der Waals surface area contributed by atoms with Gasteiger partial charge >= 0.3 is 0 Å². The normalized spacial score (nSPS) is 21.0. The summed E-state index contributed by atoms with van der Waals surface area (Å²) in [5, 5.41) is 17.2. The van der Waals surface area contributed by atoms with Crippen molar-refractivity contribution < 1.29 is 4.79 Å². The highest BCUT2D eigenvalue weighted by Gasteiger charge is 2.30. The average molecular weight is 308 g/mol. The average Bonchev–Trinajstić information content (AvgIpc) is 3.24. The third-order valence-electron chi connectivity index (χ3n) is 4.67. The topological polar surface area (TPSA) is 99.7 Å². The second-order valence-electron chi connectivity index (χ2n) is 6.18. The minimum Gasteiger partial charge on any atom is -0.345 e. The first-order valence-corrected chi connectivity index (χ1v) is 7.82. The third-order valence-corrected chi connectivity index (χ3v) is 4.67. The molecule has 0 radical (unpaired) electrons. The van der Waals surface area contributed by atoms with E-state index in [-0.39, 0.29) is 12.2 Å². The van der Waals surface area contributed by atoms with Crippen LogP contribution in [-0.2, 0) is 4.79 Å². The molecule has 0 spiro atoms. The first-order valence-electron chi connectivity index (χ1n) is 7.82. The fourth-order valence-corrected chi connectivity index (χ4v) is 3.64. The molecule has 23 heavy (non-hydrogen) atoms. The molecule has 1 aliphatic carbocycles. The highest BCUT2D eigenvalue weighted by molar-refractivity contribution is 5.80. The molecule has 1 fully saturated rings. The van der Waals surface area contributed by atoms with E-state index in [1.807, 2.05) is 18.3 Å². The minimum atomic E-state index is 0.0185. The molecule has 116 valence electrons. The van der Waals surface area contributed by atoms with Crippen LogP contribution in [0, 0.1) is 17.2 Å². The Morgan fingerprint density at radius 2 is 2.35 bits per heavy atom. The molecule has 7 heteroatoms. The molecule has 1 N–H and O–H groups in total. The fraction of sp³-hybridized carbons (Fsp3) is 0.438. The van der Waals surface area contributed by atoms with Gasteiger partial charge in [0.1, 0.15) is 11.6 Å². The molecule has 3 aromatic rings. The van der Waals surface area contributed by atoms with Crippen molar-refractivity contribution in [2.45, 2.75) is 38.0 Å². The predicted molar refractivity (Wildman–Crippen MR) is 82.6 cm³/mol. The van der Waals surface area contributed by atoms with E-state index >= 15 is 0 Å². The highest BCUT2D eigenvalue weighted by atomic mass is 16.1. The first-order chi connectivity index (χ1) is 11.3. The van der Waals surface area contributed by atoms with Crippen molar-refractivity contribution in [3.8, 4) is 6.07 Å². The first kappa shape index (κ1) is 13.9. The molecule has 1 saturated carbocycles. The summed E-state index contributed by atoms with van der Waals surface area (Å²) in [7, 11) is 0. The van der Waals surface area contributed by atoms with Crippen LogP contribution < -0.4 is 0 Å². The zero-order valence-electron chi connectivity index (χ0n) is 12.6. The van der Waals surface area contributed by atoms with E-state index in [9.17, 15) is 4.79 Å². The molecule has 3 heterocycles. The number of hydrogen-bond acceptors (Lipinski definition) is 5. The van der Waals surface area contributed by atoms with Crippen molar-refractivity contribution in [3.63, 3.8) is 0 Å². The molecule has 0 aromatic carbocycles. The molecule has 0 unspecified atom stereocenters. The second-order valence-corrected chi connectivity index (χ2v) is 6.18. The molecule has 1 aliphatic rings. The van der Waals surface area contributed by atoms with Gasteiger partial charge in [-0.15, -0.1) is 10.2 Å². The van der Waals surface area contributed by atoms with E-state index in [0.717, 1.165) is 41.9 Å². The standard InChI is InChI=1S/C16H16N6O/c17-5-3-12(23)8-10-1-2-11(7-10)16-21-20-14-9-19-15-13(22(14)16)4-6-18-15/h4,6,9-11,18H,1-3,7-8H2/t10-,11+/m0/s1. The lowest BCUT2D eigenvalue weighted by Crippen LogP contribution is -2.06. The third kappa shape index (κ3) is 2.36. The lowest BCUT2D eigenvalue weighted by molar-refractivity contribution is -0.119. The van der Waals surface area contributed by atoms with E-state index in [1.165, 1.54) is 0 Å². The second kappa shape index (κ2) is 5.47. The van der Waals surface area contributed by atoms with Crippen LogP contribution in [0.15, 0.2) is 18.5 Å². The number of rotatable bonds is 4. The predicted octanol–water partition coefficient (Wildman–Crippen LogP) is 2.36. The molecule has 7 nitrogen and oxygen atoms in total. The van der Waals surface area contributed by atoms with E-state index in [0.29, 0.717) is 18.3 Å². The van der Waals surface area contributed by atoms with Crippen LogP contribution in [0.3, 0.4) is 0 Å². The molecule has 2 atom stereocenters. The summed E-state index contributed by atoms with van der Waals surface area (Å²) in [6, 6.07) is 3.91. The largest absolute Gasteiger partial charge is 0.345 e. The van der Waals surface area contributed by atoms with Gasteiger partial charge in [0.05, 0.1) is 24.2 Å². The molecule has 0 saturated heterocycles. The van der Waals surface area contributed by atoms with Crippen LogP contribution in [0.2, 0.25) is 0 Å². The summed E-state index contributed by atoms with van der Waals surface area (Å²) in [5.41, 5.74) is 2.54. The molecule has 0 bridgehead atoms. The Morgan fingerprint density at radius 3 is 3.22 bits per heavy atom. The van der Waals surface area contributed by atoms with E-state index in [4.69, 9.17) is 5.26 Å². The Kier molecular flexibility index (Phi) is 3.30. The Bertz CT molecular complexity index is 918. The van der Waals surface area contributed by atoms with Crippen molar-refractivity contribution in [2.75, 3.05) is 0 Å². The van der Waals surface area contributed by atoms with E-state index in [1.54, 1.807) is 6.20 Å². The zero-order valence-corrected chi connectivity index (χ0v) is 12.6. The lowest BCUT2D eigenvalue weighted by atomic mass is 9.98. The van der Waals surface area contributed by atoms with Gasteiger partial charge in [-0.05, 0) is 31.2 Å². The number of fused-ring (bicyclic) bond motifs is 3. The van der Waals surface area contributed by atoms with Crippen LogP contribution in [-0.4, -0.2) is 30.3 Å². The maximum absolute atomic E-state index is 11.7. The van der Waals surface area contributed by atoms with Crippen molar-refractivity contribution >= 4 is 22.6 Å². The van der Waals surface area contributed by atoms with E-state index in [2.05, 4.69) is 24.6 Å². The Balaban J connectivity index is 1.62. The van der Waals surface area contributed by atoms with Gasteiger partial charge < -0.3 is 4.98 Å². The summed E-state index contributed by atoms with van der Waals surface area (Å²) in [4.78, 5) is 19.1. The molecule has 3 aromatic heterocycles.